The number of anilines is 1. The zero-order valence-corrected chi connectivity index (χ0v) is 24.9. The van der Waals surface area contributed by atoms with Gasteiger partial charge in [0, 0.05) is 23.1 Å². The first-order valence-corrected chi connectivity index (χ1v) is 15.6. The zero-order valence-electron chi connectivity index (χ0n) is 23.3. The molecule has 4 aromatic carbocycles. The van der Waals surface area contributed by atoms with Crippen LogP contribution in [0, 0.1) is 15.9 Å². The summed E-state index contributed by atoms with van der Waals surface area (Å²) in [7, 11) is -3.36. The molecule has 11 nitrogen and oxygen atoms in total. The quantitative estimate of drug-likeness (QED) is 0.0813. The Morgan fingerprint density at radius 3 is 2.20 bits per heavy atom. The predicted octanol–water partition coefficient (Wildman–Crippen LogP) is 6.10. The topological polar surface area (TPSA) is 148 Å². The molecule has 0 radical (unpaired) electrons. The number of ether oxygens (including phenoxy) is 1. The molecule has 0 unspecified atom stereocenters. The lowest BCUT2D eigenvalue weighted by atomic mass is 10.0. The maximum atomic E-state index is 13.2. The number of hydrazine groups is 1. The van der Waals surface area contributed by atoms with E-state index >= 15 is 0 Å². The number of nitrogens with one attached hydrogen (secondary N) is 2. The lowest BCUT2D eigenvalue weighted by Gasteiger charge is -2.23. The Morgan fingerprint density at radius 2 is 1.59 bits per heavy atom. The second-order valence-electron chi connectivity index (χ2n) is 9.20. The van der Waals surface area contributed by atoms with Crippen LogP contribution in [0.4, 0.5) is 20.6 Å². The molecule has 2 N–H and O–H groups in total. The largest absolute Gasteiger partial charge is 0.452 e. The van der Waals surface area contributed by atoms with Crippen molar-refractivity contribution >= 4 is 45.2 Å². The van der Waals surface area contributed by atoms with E-state index in [2.05, 4.69) is 5.43 Å². The van der Waals surface area contributed by atoms with Gasteiger partial charge in [0.15, 0.2) is 0 Å². The van der Waals surface area contributed by atoms with Gasteiger partial charge in [-0.15, -0.1) is 11.8 Å². The fraction of sp³-hybridized carbons (Fsp3) is 0.133. The third-order valence-electron chi connectivity index (χ3n) is 6.22. The number of carbonyl (C=O) groups excluding carboxylic acids is 2. The molecular formula is C30H27FN4O7S2. The molecule has 0 spiro atoms. The summed E-state index contributed by atoms with van der Waals surface area (Å²) in [4.78, 5) is 36.7. The van der Waals surface area contributed by atoms with Gasteiger partial charge in [-0.1, -0.05) is 42.5 Å². The molecule has 0 atom stereocenters. The van der Waals surface area contributed by atoms with Crippen molar-refractivity contribution in [3.05, 3.63) is 119 Å². The van der Waals surface area contributed by atoms with Gasteiger partial charge >= 0.3 is 6.09 Å². The number of benzene rings is 4. The third-order valence-corrected chi connectivity index (χ3v) is 8.64. The minimum absolute atomic E-state index is 0.0198. The highest BCUT2D eigenvalue weighted by Crippen LogP contribution is 2.29. The molecule has 0 aromatic heterocycles. The number of halogens is 1. The van der Waals surface area contributed by atoms with Crippen molar-refractivity contribution in [1.29, 1.82) is 0 Å². The van der Waals surface area contributed by atoms with Crippen molar-refractivity contribution in [2.45, 2.75) is 16.2 Å². The molecule has 0 heterocycles. The van der Waals surface area contributed by atoms with Gasteiger partial charge in [0.2, 0.25) is 0 Å². The van der Waals surface area contributed by atoms with Crippen molar-refractivity contribution in [3.8, 4) is 11.1 Å². The Hall–Kier alpha value is -4.95. The molecule has 0 saturated carbocycles. The van der Waals surface area contributed by atoms with Crippen LogP contribution < -0.4 is 10.1 Å². The number of hydrogen-bond acceptors (Lipinski definition) is 9. The van der Waals surface area contributed by atoms with E-state index in [9.17, 15) is 32.5 Å². The van der Waals surface area contributed by atoms with Crippen LogP contribution in [-0.4, -0.2) is 49.8 Å². The Kier molecular flexibility index (Phi) is 10.5. The smallest absolute Gasteiger partial charge is 0.428 e. The summed E-state index contributed by atoms with van der Waals surface area (Å²) in [6.07, 6.45) is -0.280. The highest BCUT2D eigenvalue weighted by molar-refractivity contribution is 7.99. The molecule has 0 aliphatic rings. The number of amides is 2. The number of sulfonamides is 1. The van der Waals surface area contributed by atoms with Gasteiger partial charge in [-0.3, -0.25) is 20.3 Å². The van der Waals surface area contributed by atoms with Crippen LogP contribution in [0.15, 0.2) is 107 Å². The van der Waals surface area contributed by atoms with E-state index in [4.69, 9.17) is 4.74 Å². The summed E-state index contributed by atoms with van der Waals surface area (Å²) >= 11 is 1.58. The summed E-state index contributed by atoms with van der Waals surface area (Å²) in [6, 6.07) is 24.3. The molecule has 4 aromatic rings. The van der Waals surface area contributed by atoms with Gasteiger partial charge in [-0.2, -0.15) is 0 Å². The Bertz CT molecular complexity index is 1740. The Morgan fingerprint density at radius 1 is 0.955 bits per heavy atom. The molecule has 4 rings (SSSR count). The number of carbonyl (C=O) groups is 2. The fourth-order valence-corrected chi connectivity index (χ4v) is 5.85. The number of methoxy groups -OCH3 is 1. The first-order chi connectivity index (χ1) is 21.1. The third kappa shape index (κ3) is 8.33. The second-order valence-corrected chi connectivity index (χ2v) is 12.1. The first-order valence-electron chi connectivity index (χ1n) is 13.1. The van der Waals surface area contributed by atoms with Crippen LogP contribution in [0.3, 0.4) is 0 Å². The molecule has 0 bridgehead atoms. The van der Waals surface area contributed by atoms with Crippen molar-refractivity contribution < 1.29 is 32.1 Å². The summed E-state index contributed by atoms with van der Waals surface area (Å²) in [5.41, 5.74) is 3.25. The van der Waals surface area contributed by atoms with Gasteiger partial charge in [0.25, 0.3) is 21.6 Å². The number of nitrogens with zero attached hydrogens (tertiary/aromatic N) is 2. The molecule has 2 amide bonds. The average Bonchev–Trinajstić information content (AvgIpc) is 3.02. The standard InChI is InChI=1S/C30H27FN4O7S2/c1-42-30(37)34(18-5-19-43-25-6-3-2-4-7-25)32-27-17-16-26(20-28(27)35(38)39)44(40,41)33-29(36)23-10-8-21(9-11-23)22-12-14-24(31)15-13-22/h2-4,6-17,20,32H,5,18-19H2,1H3,(H,33,36). The normalized spacial score (nSPS) is 11.0. The van der Waals surface area contributed by atoms with E-state index in [1.807, 2.05) is 35.1 Å². The van der Waals surface area contributed by atoms with Crippen LogP contribution >= 0.6 is 11.8 Å². The molecule has 0 aliphatic carbocycles. The summed E-state index contributed by atoms with van der Waals surface area (Å²) in [6.45, 7) is 0.139. The Labute approximate surface area is 257 Å². The molecule has 14 heteroatoms. The Balaban J connectivity index is 1.45. The lowest BCUT2D eigenvalue weighted by Crippen LogP contribution is -2.37. The van der Waals surface area contributed by atoms with E-state index in [0.717, 1.165) is 28.1 Å². The number of nitro groups is 1. The van der Waals surface area contributed by atoms with Gasteiger partial charge in [0.1, 0.15) is 11.5 Å². The van der Waals surface area contributed by atoms with E-state index in [1.54, 1.807) is 36.0 Å². The molecule has 0 saturated heterocycles. The van der Waals surface area contributed by atoms with E-state index in [-0.39, 0.29) is 17.8 Å². The average molecular weight is 639 g/mol. The summed E-state index contributed by atoms with van der Waals surface area (Å²) in [5.74, 6) is -0.702. The van der Waals surface area contributed by atoms with Crippen LogP contribution in [-0.2, 0) is 14.8 Å². The van der Waals surface area contributed by atoms with E-state index in [1.165, 1.54) is 31.4 Å². The van der Waals surface area contributed by atoms with Crippen LogP contribution in [0.25, 0.3) is 11.1 Å². The second kappa shape index (κ2) is 14.5. The molecular weight excluding hydrogens is 611 g/mol. The maximum Gasteiger partial charge on any atom is 0.428 e. The summed E-state index contributed by atoms with van der Waals surface area (Å²) < 4.78 is 45.9. The SMILES string of the molecule is COC(=O)N(CCCSc1ccccc1)Nc1ccc(S(=O)(=O)NC(=O)c2ccc(-c3ccc(F)cc3)cc2)cc1[N+](=O)[O-]. The minimum Gasteiger partial charge on any atom is -0.452 e. The first kappa shape index (κ1) is 32.0. The van der Waals surface area contributed by atoms with Crippen molar-refractivity contribution in [2.24, 2.45) is 0 Å². The van der Waals surface area contributed by atoms with E-state index < -0.39 is 43.3 Å². The zero-order chi connectivity index (χ0) is 31.7. The van der Waals surface area contributed by atoms with Gasteiger partial charge in [-0.25, -0.2) is 27.3 Å². The van der Waals surface area contributed by atoms with Crippen molar-refractivity contribution in [3.63, 3.8) is 0 Å². The number of rotatable bonds is 12. The molecule has 0 aliphatic heterocycles. The van der Waals surface area contributed by atoms with E-state index in [0.29, 0.717) is 23.3 Å². The number of thioether (sulfide) groups is 1. The highest BCUT2D eigenvalue weighted by Gasteiger charge is 2.26. The monoisotopic (exact) mass is 638 g/mol. The maximum absolute atomic E-state index is 13.2. The molecule has 0 fully saturated rings. The summed E-state index contributed by atoms with van der Waals surface area (Å²) in [5, 5.41) is 12.9. The minimum atomic E-state index is -4.52. The lowest BCUT2D eigenvalue weighted by molar-refractivity contribution is -0.384. The van der Waals surface area contributed by atoms with Crippen molar-refractivity contribution in [2.75, 3.05) is 24.8 Å². The van der Waals surface area contributed by atoms with Gasteiger partial charge in [-0.05, 0) is 71.8 Å². The van der Waals surface area contributed by atoms with Gasteiger partial charge in [0.05, 0.1) is 16.9 Å². The molecule has 44 heavy (non-hydrogen) atoms. The number of hydrogen-bond donors (Lipinski definition) is 2. The van der Waals surface area contributed by atoms with Crippen LogP contribution in [0.5, 0.6) is 0 Å². The van der Waals surface area contributed by atoms with Crippen LogP contribution in [0.1, 0.15) is 16.8 Å². The van der Waals surface area contributed by atoms with Crippen molar-refractivity contribution in [1.82, 2.24) is 9.73 Å². The van der Waals surface area contributed by atoms with Gasteiger partial charge < -0.3 is 4.74 Å². The predicted molar refractivity (Wildman–Crippen MR) is 164 cm³/mol. The highest BCUT2D eigenvalue weighted by atomic mass is 32.2. The number of nitro benzene ring substituents is 1. The van der Waals surface area contributed by atoms with Crippen LogP contribution in [0.2, 0.25) is 0 Å². The fourth-order valence-electron chi connectivity index (χ4n) is 4.00. The molecule has 228 valence electrons.